The number of thiazole rings is 1. The van der Waals surface area contributed by atoms with Crippen molar-refractivity contribution in [2.75, 3.05) is 38.0 Å². The summed E-state index contributed by atoms with van der Waals surface area (Å²) >= 11 is 1.46. The normalized spacial score (nSPS) is 15.7. The Morgan fingerprint density at radius 3 is 2.59 bits per heavy atom. The van der Waals surface area contributed by atoms with Crippen LogP contribution in [0.4, 0.5) is 5.13 Å². The van der Waals surface area contributed by atoms with Gasteiger partial charge in [0, 0.05) is 37.1 Å². The number of amides is 1. The van der Waals surface area contributed by atoms with Crippen molar-refractivity contribution < 1.29 is 9.21 Å². The summed E-state index contributed by atoms with van der Waals surface area (Å²) < 4.78 is 5.40. The van der Waals surface area contributed by atoms with Gasteiger partial charge in [-0.1, -0.05) is 30.3 Å². The van der Waals surface area contributed by atoms with Gasteiger partial charge in [-0.25, -0.2) is 4.98 Å². The summed E-state index contributed by atoms with van der Waals surface area (Å²) in [4.78, 5) is 21.4. The van der Waals surface area contributed by atoms with Crippen molar-refractivity contribution in [3.8, 4) is 11.3 Å². The zero-order chi connectivity index (χ0) is 18.5. The first-order valence-electron chi connectivity index (χ1n) is 9.04. The molecule has 0 aliphatic carbocycles. The lowest BCUT2D eigenvalue weighted by Gasteiger charge is -2.33. The van der Waals surface area contributed by atoms with Crippen LogP contribution in [-0.2, 0) is 11.3 Å². The Morgan fingerprint density at radius 1 is 1.07 bits per heavy atom. The monoisotopic (exact) mass is 382 g/mol. The molecule has 3 heterocycles. The third kappa shape index (κ3) is 4.82. The van der Waals surface area contributed by atoms with Crippen LogP contribution in [0.5, 0.6) is 0 Å². The summed E-state index contributed by atoms with van der Waals surface area (Å²) in [6, 6.07) is 13.9. The summed E-state index contributed by atoms with van der Waals surface area (Å²) in [5.41, 5.74) is 1.95. The number of nitrogens with zero attached hydrogens (tertiary/aromatic N) is 3. The van der Waals surface area contributed by atoms with E-state index in [-0.39, 0.29) is 5.91 Å². The minimum atomic E-state index is -0.0107. The van der Waals surface area contributed by atoms with Crippen molar-refractivity contribution in [3.63, 3.8) is 0 Å². The average molecular weight is 382 g/mol. The maximum Gasteiger partial charge on any atom is 0.240 e. The van der Waals surface area contributed by atoms with Gasteiger partial charge in [-0.05, 0) is 12.1 Å². The lowest BCUT2D eigenvalue weighted by molar-refractivity contribution is -0.117. The van der Waals surface area contributed by atoms with Crippen LogP contribution in [0.15, 0.2) is 58.5 Å². The predicted molar refractivity (Wildman–Crippen MR) is 107 cm³/mol. The number of hydrogen-bond donors (Lipinski definition) is 1. The number of carbonyl (C=O) groups is 1. The first kappa shape index (κ1) is 17.9. The van der Waals surface area contributed by atoms with Crippen LogP contribution in [0, 0.1) is 0 Å². The van der Waals surface area contributed by atoms with E-state index in [1.165, 1.54) is 11.3 Å². The molecule has 4 rings (SSSR count). The molecule has 1 N–H and O–H groups in total. The summed E-state index contributed by atoms with van der Waals surface area (Å²) in [7, 11) is 0. The molecule has 1 amide bonds. The van der Waals surface area contributed by atoms with Crippen molar-refractivity contribution >= 4 is 22.4 Å². The molecule has 0 spiro atoms. The molecule has 0 radical (unpaired) electrons. The highest BCUT2D eigenvalue weighted by atomic mass is 32.1. The fraction of sp³-hybridized carbons (Fsp3) is 0.300. The van der Waals surface area contributed by atoms with Gasteiger partial charge in [0.1, 0.15) is 5.76 Å². The van der Waals surface area contributed by atoms with E-state index in [2.05, 4.69) is 20.1 Å². The van der Waals surface area contributed by atoms with E-state index >= 15 is 0 Å². The molecule has 3 aromatic rings. The second-order valence-electron chi connectivity index (χ2n) is 6.58. The lowest BCUT2D eigenvalue weighted by Crippen LogP contribution is -2.48. The van der Waals surface area contributed by atoms with Gasteiger partial charge in [0.25, 0.3) is 0 Å². The second kappa shape index (κ2) is 8.47. The molecule has 2 aromatic heterocycles. The second-order valence-corrected chi connectivity index (χ2v) is 7.44. The van der Waals surface area contributed by atoms with E-state index in [1.54, 1.807) is 6.26 Å². The largest absolute Gasteiger partial charge is 0.468 e. The first-order chi connectivity index (χ1) is 13.3. The van der Waals surface area contributed by atoms with Crippen molar-refractivity contribution in [2.24, 2.45) is 0 Å². The highest BCUT2D eigenvalue weighted by molar-refractivity contribution is 7.14. The minimum absolute atomic E-state index is 0.0107. The summed E-state index contributed by atoms with van der Waals surface area (Å²) in [5, 5.41) is 5.54. The fourth-order valence-corrected chi connectivity index (χ4v) is 3.90. The van der Waals surface area contributed by atoms with Crippen molar-refractivity contribution in [1.82, 2.24) is 14.8 Å². The Bertz CT molecular complexity index is 855. The van der Waals surface area contributed by atoms with Gasteiger partial charge in [-0.15, -0.1) is 11.3 Å². The average Bonchev–Trinajstić information content (AvgIpc) is 3.36. The Morgan fingerprint density at radius 2 is 1.85 bits per heavy atom. The van der Waals surface area contributed by atoms with Crippen LogP contribution in [0.2, 0.25) is 0 Å². The van der Waals surface area contributed by atoms with Gasteiger partial charge < -0.3 is 9.73 Å². The van der Waals surface area contributed by atoms with Crippen LogP contribution in [0.1, 0.15) is 5.76 Å². The van der Waals surface area contributed by atoms with Crippen molar-refractivity contribution in [1.29, 1.82) is 0 Å². The van der Waals surface area contributed by atoms with Crippen molar-refractivity contribution in [2.45, 2.75) is 6.54 Å². The van der Waals surface area contributed by atoms with Crippen LogP contribution < -0.4 is 5.32 Å². The molecule has 1 saturated heterocycles. The van der Waals surface area contributed by atoms with E-state index < -0.39 is 0 Å². The van der Waals surface area contributed by atoms with Crippen LogP contribution >= 0.6 is 11.3 Å². The van der Waals surface area contributed by atoms with Gasteiger partial charge in [-0.2, -0.15) is 0 Å². The maximum absolute atomic E-state index is 12.3. The number of rotatable bonds is 6. The SMILES string of the molecule is O=C(CN1CCN(Cc2ccco2)CC1)Nc1nc(-c2ccccc2)cs1. The van der Waals surface area contributed by atoms with E-state index in [9.17, 15) is 4.79 Å². The maximum atomic E-state index is 12.3. The van der Waals surface area contributed by atoms with E-state index in [4.69, 9.17) is 4.42 Å². The van der Waals surface area contributed by atoms with Crippen LogP contribution in [-0.4, -0.2) is 53.4 Å². The molecule has 7 heteroatoms. The summed E-state index contributed by atoms with van der Waals surface area (Å²) in [6.45, 7) is 4.85. The number of anilines is 1. The molecule has 0 bridgehead atoms. The Balaban J connectivity index is 1.24. The third-order valence-electron chi connectivity index (χ3n) is 4.61. The Kier molecular flexibility index (Phi) is 5.62. The Hall–Kier alpha value is -2.48. The highest BCUT2D eigenvalue weighted by Crippen LogP contribution is 2.24. The summed E-state index contributed by atoms with van der Waals surface area (Å²) in [6.07, 6.45) is 1.71. The smallest absolute Gasteiger partial charge is 0.240 e. The van der Waals surface area contributed by atoms with E-state index in [0.717, 1.165) is 49.7 Å². The standard InChI is InChI=1S/C20H22N4O2S/c25-19(22-20-21-18(15-27-20)16-5-2-1-3-6-16)14-24-10-8-23(9-11-24)13-17-7-4-12-26-17/h1-7,12,15H,8-11,13-14H2,(H,21,22,25). The van der Waals surface area contributed by atoms with Gasteiger partial charge in [0.05, 0.1) is 25.0 Å². The molecule has 0 unspecified atom stereocenters. The summed E-state index contributed by atoms with van der Waals surface area (Å²) in [5.74, 6) is 0.975. The van der Waals surface area contributed by atoms with Gasteiger partial charge in [0.2, 0.25) is 5.91 Å². The molecular weight excluding hydrogens is 360 g/mol. The zero-order valence-electron chi connectivity index (χ0n) is 15.0. The predicted octanol–water partition coefficient (Wildman–Crippen LogP) is 3.16. The van der Waals surface area contributed by atoms with Crippen molar-refractivity contribution in [3.05, 3.63) is 59.9 Å². The molecule has 0 saturated carbocycles. The number of benzene rings is 1. The van der Waals surface area contributed by atoms with Gasteiger partial charge >= 0.3 is 0 Å². The molecule has 0 atom stereocenters. The number of carbonyl (C=O) groups excluding carboxylic acids is 1. The Labute approximate surface area is 162 Å². The molecule has 1 aliphatic heterocycles. The van der Waals surface area contributed by atoms with Crippen LogP contribution in [0.25, 0.3) is 11.3 Å². The number of piperazine rings is 1. The molecule has 27 heavy (non-hydrogen) atoms. The van der Waals surface area contributed by atoms with E-state index in [1.807, 2.05) is 47.8 Å². The molecule has 1 fully saturated rings. The first-order valence-corrected chi connectivity index (χ1v) is 9.92. The van der Waals surface area contributed by atoms with Crippen LogP contribution in [0.3, 0.4) is 0 Å². The number of furan rings is 1. The molecular formula is C20H22N4O2S. The third-order valence-corrected chi connectivity index (χ3v) is 5.37. The lowest BCUT2D eigenvalue weighted by atomic mass is 10.2. The quantitative estimate of drug-likeness (QED) is 0.710. The van der Waals surface area contributed by atoms with Gasteiger partial charge in [0.15, 0.2) is 5.13 Å². The fourth-order valence-electron chi connectivity index (χ4n) is 3.16. The topological polar surface area (TPSA) is 61.6 Å². The minimum Gasteiger partial charge on any atom is -0.468 e. The molecule has 140 valence electrons. The molecule has 6 nitrogen and oxygen atoms in total. The number of aromatic nitrogens is 1. The zero-order valence-corrected chi connectivity index (χ0v) is 15.8. The van der Waals surface area contributed by atoms with E-state index in [0.29, 0.717) is 11.7 Å². The molecule has 1 aliphatic rings. The number of hydrogen-bond acceptors (Lipinski definition) is 6. The highest BCUT2D eigenvalue weighted by Gasteiger charge is 2.20. The number of nitrogens with one attached hydrogen (secondary N) is 1. The molecule has 1 aromatic carbocycles. The van der Waals surface area contributed by atoms with Gasteiger partial charge in [-0.3, -0.25) is 14.6 Å².